The van der Waals surface area contributed by atoms with Crippen molar-refractivity contribution < 1.29 is 24.5 Å². The minimum atomic E-state index is -1.06. The van der Waals surface area contributed by atoms with E-state index in [2.05, 4.69) is 10.3 Å². The second-order valence-corrected chi connectivity index (χ2v) is 7.31. The van der Waals surface area contributed by atoms with Gasteiger partial charge in [0.2, 0.25) is 0 Å². The maximum absolute atomic E-state index is 12.7. The lowest BCUT2D eigenvalue weighted by Gasteiger charge is -2.21. The number of hydrogen-bond acceptors (Lipinski definition) is 6. The van der Waals surface area contributed by atoms with Crippen LogP contribution in [0.2, 0.25) is 0 Å². The number of ether oxygens (including phenoxy) is 1. The van der Waals surface area contributed by atoms with Gasteiger partial charge in [0.05, 0.1) is 6.42 Å². The normalized spacial score (nSPS) is 11.7. The molecule has 1 atom stereocenters. The molecule has 31 heavy (non-hydrogen) atoms. The van der Waals surface area contributed by atoms with Gasteiger partial charge in [0.25, 0.3) is 5.91 Å². The Hall–Kier alpha value is -4.12. The molecular weight excluding hydrogens is 398 g/mol. The number of nitrogens with zero attached hydrogens (tertiary/aromatic N) is 2. The zero-order chi connectivity index (χ0) is 22.5. The summed E-state index contributed by atoms with van der Waals surface area (Å²) in [5, 5.41) is 32.5. The quantitative estimate of drug-likeness (QED) is 0.530. The first-order valence-electron chi connectivity index (χ1n) is 9.62. The monoisotopic (exact) mass is 419 g/mol. The summed E-state index contributed by atoms with van der Waals surface area (Å²) in [6.07, 6.45) is -0.275. The van der Waals surface area contributed by atoms with Crippen molar-refractivity contribution in [3.8, 4) is 23.3 Å². The standard InChI is InChI=1S/C23H21N3O5/c1-13(2)18(11-20(27)28)26-23(30)21-22(29)16-9-8-15(10-17(16)19(12-24)25-21)31-14-6-4-3-5-7-14/h3-10,13,18,29H,11H2,1-2H3,(H,26,30)(H,27,28). The van der Waals surface area contributed by atoms with Gasteiger partial charge in [-0.3, -0.25) is 9.59 Å². The first-order chi connectivity index (χ1) is 14.8. The van der Waals surface area contributed by atoms with E-state index in [0.717, 1.165) is 0 Å². The molecule has 3 aromatic rings. The highest BCUT2D eigenvalue weighted by Gasteiger charge is 2.25. The predicted octanol–water partition coefficient (Wildman–Crippen LogP) is 3.83. The van der Waals surface area contributed by atoms with Crippen molar-refractivity contribution in [1.29, 1.82) is 5.26 Å². The number of aromatic hydroxyl groups is 1. The third-order valence-electron chi connectivity index (χ3n) is 4.76. The average molecular weight is 419 g/mol. The van der Waals surface area contributed by atoms with Gasteiger partial charge in [-0.05, 0) is 36.2 Å². The van der Waals surface area contributed by atoms with Gasteiger partial charge in [-0.1, -0.05) is 32.0 Å². The molecule has 2 aromatic carbocycles. The second-order valence-electron chi connectivity index (χ2n) is 7.31. The second kappa shape index (κ2) is 9.13. The van der Waals surface area contributed by atoms with Gasteiger partial charge in [0, 0.05) is 16.8 Å². The molecule has 0 fully saturated rings. The van der Waals surface area contributed by atoms with E-state index in [1.54, 1.807) is 44.2 Å². The summed E-state index contributed by atoms with van der Waals surface area (Å²) in [4.78, 5) is 27.8. The largest absolute Gasteiger partial charge is 0.505 e. The van der Waals surface area contributed by atoms with Crippen LogP contribution in [0.5, 0.6) is 17.2 Å². The van der Waals surface area contributed by atoms with Gasteiger partial charge in [-0.25, -0.2) is 4.98 Å². The summed E-state index contributed by atoms with van der Waals surface area (Å²) < 4.78 is 5.77. The van der Waals surface area contributed by atoms with Crippen LogP contribution >= 0.6 is 0 Å². The van der Waals surface area contributed by atoms with Crippen LogP contribution in [0.1, 0.15) is 36.5 Å². The van der Waals surface area contributed by atoms with Crippen molar-refractivity contribution in [2.24, 2.45) is 5.92 Å². The van der Waals surface area contributed by atoms with Crippen LogP contribution in [-0.2, 0) is 4.79 Å². The Morgan fingerprint density at radius 2 is 1.84 bits per heavy atom. The van der Waals surface area contributed by atoms with E-state index in [-0.39, 0.29) is 29.1 Å². The SMILES string of the molecule is CC(C)C(CC(=O)O)NC(=O)c1nc(C#N)c2cc(Oc3ccccc3)ccc2c1O. The summed E-state index contributed by atoms with van der Waals surface area (Å²) in [5.74, 6) is -1.31. The summed E-state index contributed by atoms with van der Waals surface area (Å²) in [6.45, 7) is 3.55. The number of carboxylic acid groups (broad SMARTS) is 1. The molecular formula is C23H21N3O5. The molecule has 158 valence electrons. The Morgan fingerprint density at radius 3 is 2.45 bits per heavy atom. The number of nitriles is 1. The fraction of sp³-hybridized carbons (Fsp3) is 0.217. The molecule has 1 unspecified atom stereocenters. The Labute approximate surface area is 178 Å². The number of rotatable bonds is 7. The highest BCUT2D eigenvalue weighted by molar-refractivity contribution is 6.03. The Morgan fingerprint density at radius 1 is 1.13 bits per heavy atom. The van der Waals surface area contributed by atoms with Crippen molar-refractivity contribution >= 4 is 22.6 Å². The number of carbonyl (C=O) groups excluding carboxylic acids is 1. The molecule has 0 radical (unpaired) electrons. The number of amides is 1. The number of carboxylic acids is 1. The van der Waals surface area contributed by atoms with Crippen molar-refractivity contribution in [3.05, 3.63) is 59.9 Å². The number of para-hydroxylation sites is 1. The van der Waals surface area contributed by atoms with Crippen LogP contribution in [0.25, 0.3) is 10.8 Å². The van der Waals surface area contributed by atoms with Crippen molar-refractivity contribution in [1.82, 2.24) is 10.3 Å². The fourth-order valence-corrected chi connectivity index (χ4v) is 3.09. The van der Waals surface area contributed by atoms with Crippen molar-refractivity contribution in [2.75, 3.05) is 0 Å². The smallest absolute Gasteiger partial charge is 0.305 e. The van der Waals surface area contributed by atoms with Crippen LogP contribution < -0.4 is 10.1 Å². The molecule has 8 heteroatoms. The summed E-state index contributed by atoms with van der Waals surface area (Å²) in [7, 11) is 0. The molecule has 0 aliphatic rings. The number of benzene rings is 2. The number of hydrogen-bond donors (Lipinski definition) is 3. The molecule has 0 aliphatic carbocycles. The van der Waals surface area contributed by atoms with E-state index in [1.807, 2.05) is 24.3 Å². The number of nitrogens with one attached hydrogen (secondary N) is 1. The lowest BCUT2D eigenvalue weighted by atomic mass is 10.0. The molecule has 0 aliphatic heterocycles. The first-order valence-corrected chi connectivity index (χ1v) is 9.62. The third kappa shape index (κ3) is 4.90. The maximum Gasteiger partial charge on any atom is 0.305 e. The average Bonchev–Trinajstić information content (AvgIpc) is 2.74. The third-order valence-corrected chi connectivity index (χ3v) is 4.76. The zero-order valence-electron chi connectivity index (χ0n) is 17.0. The minimum absolute atomic E-state index is 0.0595. The fourth-order valence-electron chi connectivity index (χ4n) is 3.09. The topological polar surface area (TPSA) is 133 Å². The number of carbonyl (C=O) groups is 2. The number of aliphatic carboxylic acids is 1. The van der Waals surface area contributed by atoms with Crippen LogP contribution in [0, 0.1) is 17.2 Å². The van der Waals surface area contributed by atoms with E-state index in [9.17, 15) is 20.0 Å². The summed E-state index contributed by atoms with van der Waals surface area (Å²) >= 11 is 0. The highest BCUT2D eigenvalue weighted by Crippen LogP contribution is 2.33. The Bertz CT molecular complexity index is 1170. The van der Waals surface area contributed by atoms with Gasteiger partial charge >= 0.3 is 5.97 Å². The van der Waals surface area contributed by atoms with E-state index in [4.69, 9.17) is 9.84 Å². The summed E-state index contributed by atoms with van der Waals surface area (Å²) in [5.41, 5.74) is -0.396. The molecule has 8 nitrogen and oxygen atoms in total. The molecule has 1 amide bonds. The predicted molar refractivity (Wildman–Crippen MR) is 113 cm³/mol. The number of aromatic nitrogens is 1. The number of fused-ring (bicyclic) bond motifs is 1. The van der Waals surface area contributed by atoms with Gasteiger partial charge < -0.3 is 20.3 Å². The molecule has 1 heterocycles. The van der Waals surface area contributed by atoms with Crippen LogP contribution in [0.3, 0.4) is 0 Å². The molecule has 3 rings (SSSR count). The zero-order valence-corrected chi connectivity index (χ0v) is 17.0. The Balaban J connectivity index is 1.98. The molecule has 3 N–H and O–H groups in total. The van der Waals surface area contributed by atoms with Crippen molar-refractivity contribution in [3.63, 3.8) is 0 Å². The van der Waals surface area contributed by atoms with Gasteiger partial charge in [-0.15, -0.1) is 0 Å². The molecule has 0 spiro atoms. The van der Waals surface area contributed by atoms with E-state index in [0.29, 0.717) is 16.9 Å². The first kappa shape index (κ1) is 21.6. The maximum atomic E-state index is 12.7. The van der Waals surface area contributed by atoms with E-state index < -0.39 is 23.7 Å². The molecule has 1 aromatic heterocycles. The molecule has 0 bridgehead atoms. The van der Waals surface area contributed by atoms with Crippen LogP contribution in [0.4, 0.5) is 0 Å². The van der Waals surface area contributed by atoms with Gasteiger partial charge in [0.15, 0.2) is 11.4 Å². The van der Waals surface area contributed by atoms with Crippen molar-refractivity contribution in [2.45, 2.75) is 26.3 Å². The molecule has 0 saturated heterocycles. The van der Waals surface area contributed by atoms with Gasteiger partial charge in [-0.2, -0.15) is 5.26 Å². The van der Waals surface area contributed by atoms with Crippen LogP contribution in [0.15, 0.2) is 48.5 Å². The lowest BCUT2D eigenvalue weighted by Crippen LogP contribution is -2.40. The minimum Gasteiger partial charge on any atom is -0.505 e. The van der Waals surface area contributed by atoms with E-state index >= 15 is 0 Å². The van der Waals surface area contributed by atoms with Gasteiger partial charge in [0.1, 0.15) is 23.3 Å². The Kier molecular flexibility index (Phi) is 6.36. The van der Waals surface area contributed by atoms with E-state index in [1.165, 1.54) is 0 Å². The highest BCUT2D eigenvalue weighted by atomic mass is 16.5. The van der Waals surface area contributed by atoms with Crippen LogP contribution in [-0.4, -0.2) is 33.1 Å². The number of pyridine rings is 1. The lowest BCUT2D eigenvalue weighted by molar-refractivity contribution is -0.137. The summed E-state index contributed by atoms with van der Waals surface area (Å²) in [6, 6.07) is 15.1. The molecule has 0 saturated carbocycles.